The maximum Gasteiger partial charge on any atom is 0.498 e. The summed E-state index contributed by atoms with van der Waals surface area (Å²) in [5.41, 5.74) is -6.43. The fraction of sp³-hybridized carbons (Fsp3) is 0.833. The fourth-order valence-corrected chi connectivity index (χ4v) is 5.06. The van der Waals surface area contributed by atoms with Gasteiger partial charge in [-0.3, -0.25) is 9.59 Å². The molecule has 1 fully saturated rings. The SMILES string of the molecule is CCCCN1C(=O)C(S(=O)(=O)C(F)(F)F)C(=O)N(CC(F)(F)C(F)(F)C(F)(F)F)S1(=O)=O. The van der Waals surface area contributed by atoms with E-state index < -0.39 is 88.8 Å². The minimum Gasteiger partial charge on any atom is -0.272 e. The molecule has 32 heavy (non-hydrogen) atoms. The number of rotatable bonds is 7. The van der Waals surface area contributed by atoms with Crippen LogP contribution in [0.5, 0.6) is 0 Å². The van der Waals surface area contributed by atoms with Crippen LogP contribution in [0.4, 0.5) is 43.9 Å². The molecule has 0 aromatic rings. The van der Waals surface area contributed by atoms with Gasteiger partial charge in [-0.15, -0.1) is 0 Å². The molecule has 2 amide bonds. The lowest BCUT2D eigenvalue weighted by Gasteiger charge is -2.40. The lowest BCUT2D eigenvalue weighted by atomic mass is 10.1. The Labute approximate surface area is 173 Å². The monoisotopic (exact) mass is 534 g/mol. The van der Waals surface area contributed by atoms with Crippen molar-refractivity contribution in [2.75, 3.05) is 13.1 Å². The molecule has 0 bridgehead atoms. The van der Waals surface area contributed by atoms with E-state index in [0.717, 1.165) is 0 Å². The second-order valence-corrected chi connectivity index (χ2v) is 10.1. The van der Waals surface area contributed by atoms with Crippen molar-refractivity contribution in [1.29, 1.82) is 0 Å². The van der Waals surface area contributed by atoms with Gasteiger partial charge in [-0.2, -0.15) is 52.3 Å². The molecular formula is C12H12F10N2O6S2. The summed E-state index contributed by atoms with van der Waals surface area (Å²) in [4.78, 5) is 24.2. The zero-order valence-electron chi connectivity index (χ0n) is 15.3. The van der Waals surface area contributed by atoms with Crippen LogP contribution < -0.4 is 0 Å². The number of carbonyl (C=O) groups is 2. The molecule has 0 saturated carbocycles. The average molecular weight is 534 g/mol. The molecule has 1 rings (SSSR count). The van der Waals surface area contributed by atoms with Crippen molar-refractivity contribution in [2.45, 2.75) is 48.5 Å². The molecule has 1 unspecified atom stereocenters. The maximum atomic E-state index is 13.7. The van der Waals surface area contributed by atoms with E-state index in [0.29, 0.717) is 0 Å². The highest BCUT2D eigenvalue weighted by Crippen LogP contribution is 2.47. The van der Waals surface area contributed by atoms with Crippen LogP contribution in [0.1, 0.15) is 19.8 Å². The van der Waals surface area contributed by atoms with E-state index in [1.165, 1.54) is 6.92 Å². The van der Waals surface area contributed by atoms with Gasteiger partial charge in [0.15, 0.2) is 0 Å². The predicted octanol–water partition coefficient (Wildman–Crippen LogP) is 1.84. The number of alkyl halides is 10. The van der Waals surface area contributed by atoms with E-state index in [-0.39, 0.29) is 6.42 Å². The summed E-state index contributed by atoms with van der Waals surface area (Å²) in [5.74, 6) is -19.1. The molecule has 188 valence electrons. The smallest absolute Gasteiger partial charge is 0.272 e. The molecule has 0 aliphatic carbocycles. The van der Waals surface area contributed by atoms with Crippen molar-refractivity contribution in [3.05, 3.63) is 0 Å². The number of carbonyl (C=O) groups excluding carboxylic acids is 2. The highest BCUT2D eigenvalue weighted by Gasteiger charge is 2.75. The Morgan fingerprint density at radius 3 is 1.69 bits per heavy atom. The molecule has 0 N–H and O–H groups in total. The third-order valence-electron chi connectivity index (χ3n) is 4.00. The van der Waals surface area contributed by atoms with E-state index in [4.69, 9.17) is 0 Å². The zero-order valence-corrected chi connectivity index (χ0v) is 17.0. The standard InChI is InChI=1S/C12H12F10N2O6S2/c1-2-3-4-23-7(25)6(31(27,28)12(20,21)22)8(26)24(32(23,29)30)5-9(13,14)10(15,16)11(17,18)19/h6H,2-5H2,1H3. The van der Waals surface area contributed by atoms with Gasteiger partial charge in [-0.05, 0) is 6.42 Å². The van der Waals surface area contributed by atoms with Crippen LogP contribution in [-0.4, -0.2) is 79.1 Å². The summed E-state index contributed by atoms with van der Waals surface area (Å²) < 4.78 is 175. The topological polar surface area (TPSA) is 109 Å². The fourth-order valence-electron chi connectivity index (χ4n) is 2.29. The predicted molar refractivity (Wildman–Crippen MR) is 82.0 cm³/mol. The lowest BCUT2D eigenvalue weighted by Crippen LogP contribution is -2.68. The van der Waals surface area contributed by atoms with Gasteiger partial charge in [0.2, 0.25) is 5.25 Å². The zero-order chi connectivity index (χ0) is 25.7. The first-order valence-corrected chi connectivity index (χ1v) is 10.9. The minimum atomic E-state index is -7.01. The first-order valence-electron chi connectivity index (χ1n) is 7.99. The summed E-state index contributed by atoms with van der Waals surface area (Å²) in [7, 11) is -13.0. The van der Waals surface area contributed by atoms with Crippen LogP contribution in [0.25, 0.3) is 0 Å². The Hall–Kier alpha value is -1.86. The molecule has 1 saturated heterocycles. The summed E-state index contributed by atoms with van der Waals surface area (Å²) in [5, 5.41) is -4.06. The number of sulfone groups is 1. The van der Waals surface area contributed by atoms with Crippen molar-refractivity contribution in [3.8, 4) is 0 Å². The van der Waals surface area contributed by atoms with E-state index in [2.05, 4.69) is 0 Å². The summed E-state index contributed by atoms with van der Waals surface area (Å²) in [6.07, 6.45) is -7.47. The Bertz CT molecular complexity index is 973. The number of hydrogen-bond donors (Lipinski definition) is 0. The van der Waals surface area contributed by atoms with Gasteiger partial charge in [0.1, 0.15) is 6.54 Å². The second kappa shape index (κ2) is 8.17. The minimum absolute atomic E-state index is 0.0355. The molecule has 8 nitrogen and oxygen atoms in total. The third-order valence-corrected chi connectivity index (χ3v) is 7.46. The molecule has 1 aliphatic heterocycles. The van der Waals surface area contributed by atoms with Crippen LogP contribution >= 0.6 is 0 Å². The van der Waals surface area contributed by atoms with Crippen LogP contribution in [0.3, 0.4) is 0 Å². The summed E-state index contributed by atoms with van der Waals surface area (Å²) in [6.45, 7) is -3.28. The summed E-state index contributed by atoms with van der Waals surface area (Å²) in [6, 6.07) is 0. The van der Waals surface area contributed by atoms with E-state index in [9.17, 15) is 70.3 Å². The van der Waals surface area contributed by atoms with Crippen molar-refractivity contribution < 1.29 is 70.3 Å². The Kier molecular flexibility index (Phi) is 7.19. The molecule has 20 heteroatoms. The normalized spacial score (nSPS) is 21.3. The first kappa shape index (κ1) is 28.2. The lowest BCUT2D eigenvalue weighted by molar-refractivity contribution is -0.354. The van der Waals surface area contributed by atoms with Gasteiger partial charge < -0.3 is 0 Å². The molecule has 1 atom stereocenters. The number of amides is 2. The highest BCUT2D eigenvalue weighted by atomic mass is 32.2. The number of hydrogen-bond acceptors (Lipinski definition) is 6. The third kappa shape index (κ3) is 4.46. The van der Waals surface area contributed by atoms with Crippen LogP contribution in [0, 0.1) is 0 Å². The number of unbranched alkanes of at least 4 members (excludes halogenated alkanes) is 1. The first-order chi connectivity index (χ1) is 14.0. The van der Waals surface area contributed by atoms with Crippen molar-refractivity contribution in [1.82, 2.24) is 8.61 Å². The van der Waals surface area contributed by atoms with Crippen LogP contribution in [-0.2, 0) is 29.6 Å². The Morgan fingerprint density at radius 1 is 0.875 bits per heavy atom. The highest BCUT2D eigenvalue weighted by molar-refractivity contribution is 7.95. The van der Waals surface area contributed by atoms with Gasteiger partial charge in [-0.1, -0.05) is 13.3 Å². The van der Waals surface area contributed by atoms with Crippen molar-refractivity contribution in [3.63, 3.8) is 0 Å². The molecular weight excluding hydrogens is 522 g/mol. The van der Waals surface area contributed by atoms with Crippen molar-refractivity contribution >= 4 is 31.9 Å². The summed E-state index contributed by atoms with van der Waals surface area (Å²) >= 11 is 0. The molecule has 1 heterocycles. The second-order valence-electron chi connectivity index (χ2n) is 6.26. The van der Waals surface area contributed by atoms with E-state index in [1.54, 1.807) is 0 Å². The Morgan fingerprint density at radius 2 is 1.31 bits per heavy atom. The largest absolute Gasteiger partial charge is 0.498 e. The quantitative estimate of drug-likeness (QED) is 0.365. The van der Waals surface area contributed by atoms with Crippen LogP contribution in [0.15, 0.2) is 0 Å². The number of halogens is 10. The molecule has 1 aliphatic rings. The average Bonchev–Trinajstić information content (AvgIpc) is 2.56. The van der Waals surface area contributed by atoms with E-state index in [1.807, 2.05) is 0 Å². The van der Waals surface area contributed by atoms with Gasteiger partial charge >= 0.3 is 33.7 Å². The van der Waals surface area contributed by atoms with Gasteiger partial charge in [0.05, 0.1) is 0 Å². The molecule has 0 spiro atoms. The molecule has 0 aromatic heterocycles. The van der Waals surface area contributed by atoms with E-state index >= 15 is 0 Å². The number of nitrogens with zero attached hydrogens (tertiary/aromatic N) is 2. The van der Waals surface area contributed by atoms with Gasteiger partial charge in [0, 0.05) is 6.54 Å². The van der Waals surface area contributed by atoms with Gasteiger partial charge in [-0.25, -0.2) is 17.0 Å². The maximum absolute atomic E-state index is 13.7. The van der Waals surface area contributed by atoms with Gasteiger partial charge in [0.25, 0.3) is 21.7 Å². The Balaban J connectivity index is 3.72. The van der Waals surface area contributed by atoms with Crippen LogP contribution in [0.2, 0.25) is 0 Å². The molecule has 0 radical (unpaired) electrons. The molecule has 0 aromatic carbocycles. The van der Waals surface area contributed by atoms with Crippen molar-refractivity contribution in [2.24, 2.45) is 0 Å².